The van der Waals surface area contributed by atoms with Crippen LogP contribution in [0.4, 0.5) is 39.8 Å². The van der Waals surface area contributed by atoms with Gasteiger partial charge in [-0.05, 0) is 255 Å². The number of nitro groups is 2. The van der Waals surface area contributed by atoms with E-state index in [-0.39, 0.29) is 69.2 Å². The number of nitrogens with zero attached hydrogens (tertiary/aromatic N) is 16. The van der Waals surface area contributed by atoms with Gasteiger partial charge < -0.3 is 98.4 Å². The Hall–Kier alpha value is -12.2. The first kappa shape index (κ1) is 114. The van der Waals surface area contributed by atoms with Crippen LogP contribution in [0.5, 0.6) is 63.2 Å². The van der Waals surface area contributed by atoms with Gasteiger partial charge in [-0.2, -0.15) is 15.2 Å². The van der Waals surface area contributed by atoms with Crippen LogP contribution < -0.4 is 54.6 Å². The Kier molecular flexibility index (Phi) is 47.8. The number of amides is 1. The molecule has 0 saturated carbocycles. The van der Waals surface area contributed by atoms with Gasteiger partial charge in [0.2, 0.25) is 0 Å². The van der Waals surface area contributed by atoms with Crippen molar-refractivity contribution in [1.82, 2.24) is 59.5 Å². The average molecular weight is 1980 g/mol. The number of nitrogens with one attached hydrogen (secondary N) is 3. The summed E-state index contributed by atoms with van der Waals surface area (Å²) in [7, 11) is 36.4. The van der Waals surface area contributed by atoms with Crippen LogP contribution in [0.15, 0.2) is 137 Å². The number of likely N-dealkylation sites (N-methyl/N-ethyl adjacent to an activating group) is 8. The lowest BCUT2D eigenvalue weighted by Crippen LogP contribution is -2.30. The number of phenols is 6. The van der Waals surface area contributed by atoms with Crippen molar-refractivity contribution in [3.05, 3.63) is 184 Å². The van der Waals surface area contributed by atoms with Crippen LogP contribution in [0, 0.1) is 29.8 Å². The molecule has 134 heavy (non-hydrogen) atoms. The molecule has 0 radical (unpaired) electrons. The standard InChI is InChI=1S/2C23H31N5O3S.C13H19N3OS.C12H19N3O3.C10H14N2O3.C7H6BrNO3.C6H15N/c2*1-14(2)16-12-17(20(30)13-19(16)29)22-24-25-23(32)28(22)15-7-8-21(31-6)18(11-15)27(5)10-9-26(3)4;1-15(2)7-8-16(3)12-9-11(14-10-18)5-6-13(12)17-4;1-13(2)7-8-14(3)11-9-10(15(16)17)5-6-12(11)18-4;1-5(2)6-3-7(10(15)12-11)9(14)4-8(6)13;1-12-7-3-2-5(9(10)11)4-6(7)8;1-4-5-6-7(2)3/h2*7-8,11-14,29-30H,9-10H2,1-6H3,(H,25,32);2*5-6,9H,7-8H2,1-4H3;3-5,13-14H,11H2,1-2H3,(H,12,15);2-4H,1H3;4-6H2,1-3H3. The van der Waals surface area contributed by atoms with Gasteiger partial charge in [0.1, 0.15) is 63.2 Å². The highest BCUT2D eigenvalue weighted by atomic mass is 79.9. The second-order valence-electron chi connectivity index (χ2n) is 33.1. The lowest BCUT2D eigenvalue weighted by Gasteiger charge is -2.24. The Morgan fingerprint density at radius 1 is 0.463 bits per heavy atom. The van der Waals surface area contributed by atoms with E-state index >= 15 is 0 Å². The van der Waals surface area contributed by atoms with Crippen LogP contribution in [0.3, 0.4) is 0 Å². The third kappa shape index (κ3) is 34.4. The number of benzene rings is 8. The van der Waals surface area contributed by atoms with Crippen LogP contribution in [-0.4, -0.2) is 299 Å². The number of hydrogen-bond acceptors (Lipinski definition) is 32. The van der Waals surface area contributed by atoms with E-state index in [4.69, 9.17) is 54.0 Å². The molecule has 0 spiro atoms. The molecule has 1 amide bonds. The number of aliphatic imine (C=N–C) groups is 1. The number of nitro benzene ring substituents is 2. The number of unbranched alkanes of at least 4 members (excludes halogenated alkanes) is 1. The summed E-state index contributed by atoms with van der Waals surface area (Å²) < 4.78 is 31.6. The Morgan fingerprint density at radius 3 is 1.10 bits per heavy atom. The molecule has 10 aromatic rings. The van der Waals surface area contributed by atoms with E-state index in [1.54, 1.807) is 61.8 Å². The number of nitrogens with two attached hydrogens (primary N) is 1. The van der Waals surface area contributed by atoms with E-state index in [0.29, 0.717) is 53.9 Å². The molecule has 40 heteroatoms. The summed E-state index contributed by atoms with van der Waals surface area (Å²) >= 11 is 18.8. The number of hydrogen-bond donors (Lipinski definition) is 10. The van der Waals surface area contributed by atoms with Gasteiger partial charge in [-0.3, -0.25) is 49.8 Å². The Bertz CT molecular complexity index is 5380. The minimum absolute atomic E-state index is 0.0314. The van der Waals surface area contributed by atoms with Crippen LogP contribution in [-0.2, 0) is 0 Å². The first-order valence-electron chi connectivity index (χ1n) is 42.8. The number of isothiocyanates is 1. The van der Waals surface area contributed by atoms with Gasteiger partial charge in [0.25, 0.3) is 17.3 Å². The molecule has 0 atom stereocenters. The fourth-order valence-corrected chi connectivity index (χ4v) is 13.9. The van der Waals surface area contributed by atoms with Gasteiger partial charge >= 0.3 is 0 Å². The number of phenolic OH excluding ortho intramolecular Hbond substituents is 6. The first-order chi connectivity index (χ1) is 63.2. The molecule has 0 aliphatic heterocycles. The highest BCUT2D eigenvalue weighted by Crippen LogP contribution is 2.43. The maximum atomic E-state index is 11.2. The van der Waals surface area contributed by atoms with E-state index in [9.17, 15) is 55.7 Å². The number of carbonyl (C=O) groups excluding carboxylic acids is 1. The number of rotatable bonds is 35. The molecule has 0 saturated heterocycles. The summed E-state index contributed by atoms with van der Waals surface area (Å²) in [5.41, 5.74) is 11.0. The highest BCUT2D eigenvalue weighted by molar-refractivity contribution is 9.10. The maximum Gasteiger partial charge on any atom is 0.271 e. The van der Waals surface area contributed by atoms with E-state index in [0.717, 1.165) is 127 Å². The van der Waals surface area contributed by atoms with Gasteiger partial charge in [0, 0.05) is 123 Å². The number of methoxy groups -OCH3 is 5. The molecular weight excluding hydrogens is 1840 g/mol. The molecule has 2 heterocycles. The second-order valence-corrected chi connectivity index (χ2v) is 34.9. The van der Waals surface area contributed by atoms with Crippen molar-refractivity contribution in [1.29, 1.82) is 0 Å². The first-order valence-corrected chi connectivity index (χ1v) is 44.8. The zero-order valence-corrected chi connectivity index (χ0v) is 85.8. The summed E-state index contributed by atoms with van der Waals surface area (Å²) in [4.78, 5) is 54.5. The zero-order chi connectivity index (χ0) is 101. The quantitative estimate of drug-likeness (QED) is 0.00440. The van der Waals surface area contributed by atoms with E-state index in [1.165, 1.54) is 69.0 Å². The number of thiocarbonyl (C=S) groups is 1. The number of nitrogen functional groups attached to an aromatic ring is 1. The van der Waals surface area contributed by atoms with E-state index in [2.05, 4.69) is 133 Å². The maximum absolute atomic E-state index is 11.2. The summed E-state index contributed by atoms with van der Waals surface area (Å²) in [6.07, 6.45) is 2.63. The van der Waals surface area contributed by atoms with Crippen molar-refractivity contribution >= 4 is 103 Å². The predicted molar refractivity (Wildman–Crippen MR) is 547 cm³/mol. The Morgan fingerprint density at radius 2 is 0.784 bits per heavy atom. The number of aromatic amines is 2. The van der Waals surface area contributed by atoms with Crippen LogP contribution in [0.1, 0.15) is 106 Å². The largest absolute Gasteiger partial charge is 0.508 e. The molecule has 0 unspecified atom stereocenters. The number of H-pyrrole nitrogens is 2. The lowest BCUT2D eigenvalue weighted by atomic mass is 9.98. The van der Waals surface area contributed by atoms with Gasteiger partial charge in [-0.1, -0.05) is 54.9 Å². The van der Waals surface area contributed by atoms with Crippen molar-refractivity contribution in [3.8, 4) is 97.4 Å². The smallest absolute Gasteiger partial charge is 0.271 e. The summed E-state index contributed by atoms with van der Waals surface area (Å²) in [5.74, 6) is 8.69. The molecule has 0 bridgehead atoms. The summed E-state index contributed by atoms with van der Waals surface area (Å²) in [6, 6.07) is 35.0. The lowest BCUT2D eigenvalue weighted by molar-refractivity contribution is -0.385. The molecule has 0 fully saturated rings. The minimum atomic E-state index is -0.589. The van der Waals surface area contributed by atoms with Crippen molar-refractivity contribution in [2.24, 2.45) is 10.8 Å². The predicted octanol–water partition coefficient (Wildman–Crippen LogP) is 16.8. The van der Waals surface area contributed by atoms with Crippen LogP contribution in [0.25, 0.3) is 34.2 Å². The summed E-state index contributed by atoms with van der Waals surface area (Å²) in [6.45, 7) is 22.0. The van der Waals surface area contributed by atoms with Crippen molar-refractivity contribution in [2.45, 2.75) is 79.1 Å². The van der Waals surface area contributed by atoms with Gasteiger partial charge in [0.15, 0.2) is 21.2 Å². The zero-order valence-electron chi connectivity index (χ0n) is 81.7. The van der Waals surface area contributed by atoms with Crippen molar-refractivity contribution in [2.75, 3.05) is 213 Å². The van der Waals surface area contributed by atoms with E-state index in [1.807, 2.05) is 177 Å². The second kappa shape index (κ2) is 56.1. The number of non-ortho nitro benzene ring substituents is 2. The molecule has 8 aromatic carbocycles. The molecule has 732 valence electrons. The molecule has 0 aliphatic rings. The van der Waals surface area contributed by atoms with Crippen LogP contribution in [0.2, 0.25) is 0 Å². The van der Waals surface area contributed by atoms with Gasteiger partial charge in [0.05, 0.1) is 112 Å². The summed E-state index contributed by atoms with van der Waals surface area (Å²) in [5, 5.41) is 98.5. The van der Waals surface area contributed by atoms with Crippen molar-refractivity contribution < 1.29 is 69.0 Å². The number of ether oxygens (including phenoxy) is 5. The number of carbonyl (C=O) groups is 1. The number of aromatic nitrogens is 6. The third-order valence-electron chi connectivity index (χ3n) is 20.5. The normalized spacial score (nSPS) is 10.7. The number of hydrazine groups is 1. The molecule has 11 N–H and O–H groups in total. The monoisotopic (exact) mass is 1970 g/mol. The number of halogens is 1. The minimum Gasteiger partial charge on any atom is -0.508 e. The third-order valence-corrected chi connectivity index (χ3v) is 21.8. The van der Waals surface area contributed by atoms with Crippen LogP contribution >= 0.6 is 52.6 Å². The fraction of sp³-hybridized carbons (Fsp3) is 0.426. The van der Waals surface area contributed by atoms with Gasteiger partial charge in [-0.15, -0.1) is 0 Å². The van der Waals surface area contributed by atoms with Crippen molar-refractivity contribution in [3.63, 3.8) is 0 Å². The fourth-order valence-electron chi connectivity index (χ4n) is 12.8. The van der Waals surface area contributed by atoms with Gasteiger partial charge in [-0.25, -0.2) is 5.84 Å². The Balaban J connectivity index is 0.000000342. The SMILES string of the molecule is CC(C)c1cc(C(=O)NN)c(O)cc1O.CCCCN(C)C.COc1ccc(-n2c(-c3cc(C(C)C)c(O)cc3O)n[nH]c2=S)cc1N(C)CCN(C)C.COc1ccc(-n2c(-c3cc(C(C)C)c(O)cc3O)n[nH]c2=S)cc1N(C)CCN(C)C.COc1ccc(N=C=S)cc1N(C)CCN(C)C.COc1ccc([N+](=O)[O-])cc1Br.COc1ccc([N+](=O)[O-])cc1N(C)CCN(C)C. The number of anilines is 4. The molecule has 36 nitrogen and oxygen atoms in total. The molecular formula is C94H135BrN20O16S3. The molecule has 10 rings (SSSR count). The van der Waals surface area contributed by atoms with E-state index < -0.39 is 15.8 Å². The highest BCUT2D eigenvalue weighted by Gasteiger charge is 2.25. The molecule has 0 aliphatic carbocycles. The average Bonchev–Trinajstić information content (AvgIpc) is 1.62. The topological polar surface area (TPSA) is 418 Å². The number of aromatic hydroxyl groups is 6. The molecule has 2 aromatic heterocycles. The Labute approximate surface area is 810 Å².